The van der Waals surface area contributed by atoms with Gasteiger partial charge in [0.1, 0.15) is 5.75 Å². The molecule has 0 spiro atoms. The SMILES string of the molecule is CC(=O)Nc1ccccc1Oc1cncc(Br)c1. The summed E-state index contributed by atoms with van der Waals surface area (Å²) < 4.78 is 6.51. The molecule has 18 heavy (non-hydrogen) atoms. The van der Waals surface area contributed by atoms with E-state index in [1.165, 1.54) is 6.92 Å². The van der Waals surface area contributed by atoms with E-state index in [-0.39, 0.29) is 5.91 Å². The molecule has 0 radical (unpaired) electrons. The minimum atomic E-state index is -0.140. The Morgan fingerprint density at radius 3 is 2.83 bits per heavy atom. The van der Waals surface area contributed by atoms with Crippen molar-refractivity contribution in [3.05, 3.63) is 47.2 Å². The molecule has 0 saturated heterocycles. The molecule has 1 aromatic heterocycles. The third-order valence-electron chi connectivity index (χ3n) is 2.11. The Bertz CT molecular complexity index is 572. The molecule has 1 aromatic carbocycles. The van der Waals surface area contributed by atoms with Gasteiger partial charge < -0.3 is 10.1 Å². The molecule has 0 aliphatic rings. The number of hydrogen-bond acceptors (Lipinski definition) is 3. The van der Waals surface area contributed by atoms with Crippen molar-refractivity contribution in [1.29, 1.82) is 0 Å². The number of carbonyl (C=O) groups is 1. The fourth-order valence-corrected chi connectivity index (χ4v) is 1.77. The highest BCUT2D eigenvalue weighted by Gasteiger charge is 2.06. The fourth-order valence-electron chi connectivity index (χ4n) is 1.42. The molecule has 5 heteroatoms. The maximum atomic E-state index is 11.1. The molecule has 0 bridgehead atoms. The van der Waals surface area contributed by atoms with Crippen molar-refractivity contribution < 1.29 is 9.53 Å². The first kappa shape index (κ1) is 12.6. The van der Waals surface area contributed by atoms with Gasteiger partial charge in [-0.15, -0.1) is 0 Å². The normalized spacial score (nSPS) is 9.89. The van der Waals surface area contributed by atoms with E-state index in [0.717, 1.165) is 4.47 Å². The van der Waals surface area contributed by atoms with Crippen LogP contribution in [0.3, 0.4) is 0 Å². The second kappa shape index (κ2) is 5.64. The summed E-state index contributed by atoms with van der Waals surface area (Å²) >= 11 is 3.32. The molecule has 2 aromatic rings. The number of benzene rings is 1. The number of nitrogens with zero attached hydrogens (tertiary/aromatic N) is 1. The molecule has 0 aliphatic carbocycles. The Morgan fingerprint density at radius 2 is 2.11 bits per heavy atom. The number of aromatic nitrogens is 1. The van der Waals surface area contributed by atoms with E-state index in [1.54, 1.807) is 30.6 Å². The molecule has 1 N–H and O–H groups in total. The fraction of sp³-hybridized carbons (Fsp3) is 0.0769. The van der Waals surface area contributed by atoms with Gasteiger partial charge in [0, 0.05) is 17.6 Å². The van der Waals surface area contributed by atoms with Crippen molar-refractivity contribution >= 4 is 27.5 Å². The summed E-state index contributed by atoms with van der Waals surface area (Å²) in [7, 11) is 0. The summed E-state index contributed by atoms with van der Waals surface area (Å²) in [4.78, 5) is 15.1. The van der Waals surface area contributed by atoms with Crippen LogP contribution in [-0.4, -0.2) is 10.9 Å². The Labute approximate surface area is 113 Å². The number of halogens is 1. The number of rotatable bonds is 3. The monoisotopic (exact) mass is 306 g/mol. The lowest BCUT2D eigenvalue weighted by Gasteiger charge is -2.10. The molecular formula is C13H11BrN2O2. The first-order valence-corrected chi connectivity index (χ1v) is 6.09. The Kier molecular flexibility index (Phi) is 3.94. The van der Waals surface area contributed by atoms with Gasteiger partial charge >= 0.3 is 0 Å². The summed E-state index contributed by atoms with van der Waals surface area (Å²) in [6.07, 6.45) is 3.28. The van der Waals surface area contributed by atoms with Crippen LogP contribution >= 0.6 is 15.9 Å². The number of nitrogens with one attached hydrogen (secondary N) is 1. The molecule has 0 unspecified atom stereocenters. The zero-order valence-corrected chi connectivity index (χ0v) is 11.3. The van der Waals surface area contributed by atoms with Crippen molar-refractivity contribution in [3.63, 3.8) is 0 Å². The quantitative estimate of drug-likeness (QED) is 0.942. The Morgan fingerprint density at radius 1 is 1.33 bits per heavy atom. The lowest BCUT2D eigenvalue weighted by molar-refractivity contribution is -0.114. The van der Waals surface area contributed by atoms with Gasteiger partial charge in [-0.25, -0.2) is 0 Å². The molecule has 92 valence electrons. The largest absolute Gasteiger partial charge is 0.454 e. The van der Waals surface area contributed by atoms with E-state index in [2.05, 4.69) is 26.2 Å². The molecular weight excluding hydrogens is 296 g/mol. The number of para-hydroxylation sites is 2. The third-order valence-corrected chi connectivity index (χ3v) is 2.54. The first-order chi connectivity index (χ1) is 8.65. The maximum Gasteiger partial charge on any atom is 0.221 e. The summed E-state index contributed by atoms with van der Waals surface area (Å²) in [6.45, 7) is 1.46. The highest BCUT2D eigenvalue weighted by atomic mass is 79.9. The zero-order valence-electron chi connectivity index (χ0n) is 9.68. The van der Waals surface area contributed by atoms with Crippen LogP contribution in [0.25, 0.3) is 0 Å². The van der Waals surface area contributed by atoms with Gasteiger partial charge in [-0.1, -0.05) is 12.1 Å². The van der Waals surface area contributed by atoms with Crippen molar-refractivity contribution in [2.45, 2.75) is 6.92 Å². The molecule has 2 rings (SSSR count). The summed E-state index contributed by atoms with van der Waals surface area (Å²) in [5, 5.41) is 2.71. The van der Waals surface area contributed by atoms with Crippen LogP contribution in [0.1, 0.15) is 6.92 Å². The number of hydrogen-bond donors (Lipinski definition) is 1. The highest BCUT2D eigenvalue weighted by molar-refractivity contribution is 9.10. The minimum Gasteiger partial charge on any atom is -0.454 e. The number of anilines is 1. The van der Waals surface area contributed by atoms with Gasteiger partial charge in [0.15, 0.2) is 5.75 Å². The summed E-state index contributed by atoms with van der Waals surface area (Å²) in [6, 6.07) is 9.04. The minimum absolute atomic E-state index is 0.140. The molecule has 0 saturated carbocycles. The molecule has 0 atom stereocenters. The van der Waals surface area contributed by atoms with Crippen LogP contribution < -0.4 is 10.1 Å². The second-order valence-electron chi connectivity index (χ2n) is 3.62. The van der Waals surface area contributed by atoms with E-state index in [0.29, 0.717) is 17.2 Å². The van der Waals surface area contributed by atoms with Crippen LogP contribution in [0.2, 0.25) is 0 Å². The lowest BCUT2D eigenvalue weighted by atomic mass is 10.3. The van der Waals surface area contributed by atoms with E-state index >= 15 is 0 Å². The number of carbonyl (C=O) groups excluding carboxylic acids is 1. The first-order valence-electron chi connectivity index (χ1n) is 5.30. The van der Waals surface area contributed by atoms with E-state index in [4.69, 9.17) is 4.74 Å². The van der Waals surface area contributed by atoms with E-state index in [9.17, 15) is 4.79 Å². The van der Waals surface area contributed by atoms with Gasteiger partial charge in [-0.2, -0.15) is 0 Å². The molecule has 0 fully saturated rings. The third kappa shape index (κ3) is 3.30. The van der Waals surface area contributed by atoms with Crippen LogP contribution in [0, 0.1) is 0 Å². The van der Waals surface area contributed by atoms with Crippen molar-refractivity contribution in [1.82, 2.24) is 4.98 Å². The van der Waals surface area contributed by atoms with Crippen LogP contribution in [0.15, 0.2) is 47.2 Å². The van der Waals surface area contributed by atoms with Gasteiger partial charge in [-0.05, 0) is 34.1 Å². The average molecular weight is 307 g/mol. The van der Waals surface area contributed by atoms with Gasteiger partial charge in [-0.3, -0.25) is 9.78 Å². The van der Waals surface area contributed by atoms with Crippen molar-refractivity contribution in [2.75, 3.05) is 5.32 Å². The van der Waals surface area contributed by atoms with Gasteiger partial charge in [0.2, 0.25) is 5.91 Å². The van der Waals surface area contributed by atoms with E-state index < -0.39 is 0 Å². The molecule has 4 nitrogen and oxygen atoms in total. The number of ether oxygens (including phenoxy) is 1. The molecule has 0 aliphatic heterocycles. The van der Waals surface area contributed by atoms with Crippen LogP contribution in [-0.2, 0) is 4.79 Å². The Hall–Kier alpha value is -1.88. The topological polar surface area (TPSA) is 51.2 Å². The Balaban J connectivity index is 2.26. The number of amides is 1. The maximum absolute atomic E-state index is 11.1. The van der Waals surface area contributed by atoms with Crippen LogP contribution in [0.5, 0.6) is 11.5 Å². The highest BCUT2D eigenvalue weighted by Crippen LogP contribution is 2.29. The number of pyridine rings is 1. The van der Waals surface area contributed by atoms with Crippen LogP contribution in [0.4, 0.5) is 5.69 Å². The van der Waals surface area contributed by atoms with Gasteiger partial charge in [0.05, 0.1) is 11.9 Å². The predicted octanol–water partition coefficient (Wildman–Crippen LogP) is 3.59. The lowest BCUT2D eigenvalue weighted by Crippen LogP contribution is -2.06. The molecule has 1 heterocycles. The summed E-state index contributed by atoms with van der Waals surface area (Å²) in [5.74, 6) is 1.04. The standard InChI is InChI=1S/C13H11BrN2O2/c1-9(17)16-12-4-2-3-5-13(12)18-11-6-10(14)7-15-8-11/h2-8H,1H3,(H,16,17). The zero-order chi connectivity index (χ0) is 13.0. The molecule has 1 amide bonds. The average Bonchev–Trinajstić information content (AvgIpc) is 2.31. The van der Waals surface area contributed by atoms with E-state index in [1.807, 2.05) is 12.1 Å². The van der Waals surface area contributed by atoms with Crippen molar-refractivity contribution in [2.24, 2.45) is 0 Å². The predicted molar refractivity (Wildman–Crippen MR) is 72.8 cm³/mol. The smallest absolute Gasteiger partial charge is 0.221 e. The second-order valence-corrected chi connectivity index (χ2v) is 4.53. The van der Waals surface area contributed by atoms with Crippen molar-refractivity contribution in [3.8, 4) is 11.5 Å². The summed E-state index contributed by atoms with van der Waals surface area (Å²) in [5.41, 5.74) is 0.630. The van der Waals surface area contributed by atoms with Gasteiger partial charge in [0.25, 0.3) is 0 Å².